The van der Waals surface area contributed by atoms with Crippen molar-refractivity contribution >= 4 is 17.3 Å². The number of nitrogens with two attached hydrogens (primary N) is 1. The van der Waals surface area contributed by atoms with Gasteiger partial charge in [-0.15, -0.1) is 0 Å². The Bertz CT molecular complexity index is 488. The summed E-state index contributed by atoms with van der Waals surface area (Å²) >= 11 is 0. The number of benzene rings is 1. The van der Waals surface area contributed by atoms with Crippen molar-refractivity contribution in [3.63, 3.8) is 0 Å². The van der Waals surface area contributed by atoms with Gasteiger partial charge in [0.05, 0.1) is 5.69 Å². The third kappa shape index (κ3) is 5.34. The maximum absolute atomic E-state index is 13.0. The average Bonchev–Trinajstić information content (AvgIpc) is 3.26. The van der Waals surface area contributed by atoms with E-state index < -0.39 is 5.82 Å². The van der Waals surface area contributed by atoms with Crippen LogP contribution in [0.5, 0.6) is 0 Å². The highest BCUT2D eigenvalue weighted by Gasteiger charge is 2.23. The average molecular weight is 293 g/mol. The topological polar surface area (TPSA) is 58.4 Å². The van der Waals surface area contributed by atoms with Crippen molar-refractivity contribution in [2.75, 3.05) is 30.7 Å². The fourth-order valence-electron chi connectivity index (χ4n) is 2.35. The summed E-state index contributed by atoms with van der Waals surface area (Å²) in [6.07, 6.45) is 4.01. The van der Waals surface area contributed by atoms with Gasteiger partial charge in [-0.25, -0.2) is 4.39 Å². The van der Waals surface area contributed by atoms with Crippen LogP contribution in [0.25, 0.3) is 0 Å². The van der Waals surface area contributed by atoms with Crippen molar-refractivity contribution < 1.29 is 9.18 Å². The van der Waals surface area contributed by atoms with E-state index in [1.165, 1.54) is 31.0 Å². The van der Waals surface area contributed by atoms with Crippen molar-refractivity contribution in [1.29, 1.82) is 0 Å². The fourth-order valence-corrected chi connectivity index (χ4v) is 2.35. The van der Waals surface area contributed by atoms with Gasteiger partial charge in [0.25, 0.3) is 0 Å². The van der Waals surface area contributed by atoms with Crippen LogP contribution in [0.4, 0.5) is 15.8 Å². The molecule has 1 amide bonds. The van der Waals surface area contributed by atoms with Crippen molar-refractivity contribution in [3.05, 3.63) is 24.0 Å². The van der Waals surface area contributed by atoms with Gasteiger partial charge in [0.2, 0.25) is 5.91 Å². The summed E-state index contributed by atoms with van der Waals surface area (Å²) in [6.45, 7) is 5.30. The van der Waals surface area contributed by atoms with Gasteiger partial charge in [0.1, 0.15) is 5.82 Å². The summed E-state index contributed by atoms with van der Waals surface area (Å²) in [4.78, 5) is 14.3. The Morgan fingerprint density at radius 3 is 2.86 bits per heavy atom. The lowest BCUT2D eigenvalue weighted by molar-refractivity contribution is -0.116. The van der Waals surface area contributed by atoms with Gasteiger partial charge in [-0.3, -0.25) is 4.79 Å². The van der Waals surface area contributed by atoms with Crippen molar-refractivity contribution in [1.82, 2.24) is 4.90 Å². The Hall–Kier alpha value is -1.62. The Morgan fingerprint density at radius 2 is 2.24 bits per heavy atom. The monoisotopic (exact) mass is 293 g/mol. The molecule has 0 aromatic heterocycles. The van der Waals surface area contributed by atoms with Crippen LogP contribution in [0.1, 0.15) is 32.6 Å². The Kier molecular flexibility index (Phi) is 5.56. The normalized spacial score (nSPS) is 14.4. The van der Waals surface area contributed by atoms with Gasteiger partial charge in [0, 0.05) is 18.7 Å². The molecule has 1 fully saturated rings. The number of nitrogen functional groups attached to an aromatic ring is 1. The van der Waals surface area contributed by atoms with Gasteiger partial charge in [-0.1, -0.05) is 6.92 Å². The number of anilines is 2. The maximum atomic E-state index is 13.0. The van der Waals surface area contributed by atoms with E-state index in [9.17, 15) is 9.18 Å². The molecular weight excluding hydrogens is 269 g/mol. The van der Waals surface area contributed by atoms with Crippen LogP contribution in [0, 0.1) is 11.7 Å². The molecule has 1 aliphatic carbocycles. The number of nitrogens with zero attached hydrogens (tertiary/aromatic N) is 1. The number of carbonyl (C=O) groups excluding carboxylic acids is 1. The largest absolute Gasteiger partial charge is 0.396 e. The molecule has 3 N–H and O–H groups in total. The molecule has 1 aliphatic rings. The van der Waals surface area contributed by atoms with Crippen molar-refractivity contribution in [2.24, 2.45) is 5.92 Å². The molecule has 1 saturated carbocycles. The second kappa shape index (κ2) is 7.41. The molecule has 0 heterocycles. The first-order chi connectivity index (χ1) is 10.1. The standard InChI is InChI=1S/C16H24FN3O/c1-2-20(11-12-5-6-12)9-3-4-16(21)19-13-7-8-14(17)15(18)10-13/h7-8,10,12H,2-6,9,11,18H2,1H3,(H,19,21). The smallest absolute Gasteiger partial charge is 0.224 e. The molecule has 4 nitrogen and oxygen atoms in total. The molecule has 116 valence electrons. The van der Waals surface area contributed by atoms with Crippen LogP contribution >= 0.6 is 0 Å². The molecule has 2 rings (SSSR count). The minimum absolute atomic E-state index is 0.0504. The predicted molar refractivity (Wildman–Crippen MR) is 83.5 cm³/mol. The molecule has 0 bridgehead atoms. The number of amides is 1. The SMILES string of the molecule is CCN(CCCC(=O)Nc1ccc(F)c(N)c1)CC1CC1. The van der Waals surface area contributed by atoms with E-state index in [0.29, 0.717) is 12.1 Å². The molecule has 0 saturated heterocycles. The summed E-state index contributed by atoms with van der Waals surface area (Å²) in [5, 5.41) is 2.75. The van der Waals surface area contributed by atoms with E-state index in [0.717, 1.165) is 32.0 Å². The summed E-state index contributed by atoms with van der Waals surface area (Å²) in [5.74, 6) is 0.358. The molecule has 0 unspecified atom stereocenters. The molecule has 0 spiro atoms. The van der Waals surface area contributed by atoms with E-state index in [1.807, 2.05) is 0 Å². The second-order valence-corrected chi connectivity index (χ2v) is 5.72. The van der Waals surface area contributed by atoms with Gasteiger partial charge >= 0.3 is 0 Å². The zero-order chi connectivity index (χ0) is 15.2. The quantitative estimate of drug-likeness (QED) is 0.725. The molecular formula is C16H24FN3O. The number of nitrogens with one attached hydrogen (secondary N) is 1. The highest BCUT2D eigenvalue weighted by atomic mass is 19.1. The predicted octanol–water partition coefficient (Wildman–Crippen LogP) is 2.86. The highest BCUT2D eigenvalue weighted by Crippen LogP contribution is 2.29. The molecule has 1 aromatic carbocycles. The third-order valence-corrected chi connectivity index (χ3v) is 3.82. The van der Waals surface area contributed by atoms with Crippen LogP contribution in [0.3, 0.4) is 0 Å². The van der Waals surface area contributed by atoms with E-state index in [2.05, 4.69) is 17.1 Å². The van der Waals surface area contributed by atoms with E-state index in [4.69, 9.17) is 5.73 Å². The zero-order valence-electron chi connectivity index (χ0n) is 12.6. The fraction of sp³-hybridized carbons (Fsp3) is 0.562. The van der Waals surface area contributed by atoms with Crippen molar-refractivity contribution in [2.45, 2.75) is 32.6 Å². The minimum atomic E-state index is -0.466. The number of rotatable bonds is 8. The molecule has 1 aromatic rings. The lowest BCUT2D eigenvalue weighted by Gasteiger charge is -2.19. The maximum Gasteiger partial charge on any atom is 0.224 e. The lowest BCUT2D eigenvalue weighted by atomic mass is 10.2. The number of carbonyl (C=O) groups is 1. The van der Waals surface area contributed by atoms with Crippen LogP contribution in [-0.2, 0) is 4.79 Å². The molecule has 0 aliphatic heterocycles. The van der Waals surface area contributed by atoms with Gasteiger partial charge in [0.15, 0.2) is 0 Å². The molecule has 0 radical (unpaired) electrons. The second-order valence-electron chi connectivity index (χ2n) is 5.72. The molecule has 0 atom stereocenters. The van der Waals surface area contributed by atoms with Crippen LogP contribution in [-0.4, -0.2) is 30.4 Å². The van der Waals surface area contributed by atoms with E-state index >= 15 is 0 Å². The van der Waals surface area contributed by atoms with E-state index in [-0.39, 0.29) is 11.6 Å². The van der Waals surface area contributed by atoms with E-state index in [1.54, 1.807) is 0 Å². The van der Waals surface area contributed by atoms with Crippen LogP contribution in [0.15, 0.2) is 18.2 Å². The highest BCUT2D eigenvalue weighted by molar-refractivity contribution is 5.91. The number of hydrogen-bond acceptors (Lipinski definition) is 3. The Labute approximate surface area is 125 Å². The number of halogens is 1. The number of hydrogen-bond donors (Lipinski definition) is 2. The van der Waals surface area contributed by atoms with Crippen LogP contribution in [0.2, 0.25) is 0 Å². The summed E-state index contributed by atoms with van der Waals surface area (Å²) in [7, 11) is 0. The van der Waals surface area contributed by atoms with Gasteiger partial charge in [-0.2, -0.15) is 0 Å². The first-order valence-electron chi connectivity index (χ1n) is 7.65. The minimum Gasteiger partial charge on any atom is -0.396 e. The van der Waals surface area contributed by atoms with Gasteiger partial charge in [-0.05, 0) is 56.5 Å². The lowest BCUT2D eigenvalue weighted by Crippen LogP contribution is -2.27. The first-order valence-corrected chi connectivity index (χ1v) is 7.65. The molecule has 5 heteroatoms. The molecule has 21 heavy (non-hydrogen) atoms. The van der Waals surface area contributed by atoms with Crippen LogP contribution < -0.4 is 11.1 Å². The van der Waals surface area contributed by atoms with Gasteiger partial charge < -0.3 is 16.0 Å². The third-order valence-electron chi connectivity index (χ3n) is 3.82. The first kappa shape index (κ1) is 15.8. The Morgan fingerprint density at radius 1 is 1.48 bits per heavy atom. The van der Waals surface area contributed by atoms with Crippen molar-refractivity contribution in [3.8, 4) is 0 Å². The summed E-state index contributed by atoms with van der Waals surface area (Å²) in [5.41, 5.74) is 6.07. The Balaban J connectivity index is 1.69. The zero-order valence-corrected chi connectivity index (χ0v) is 12.6. The summed E-state index contributed by atoms with van der Waals surface area (Å²) < 4.78 is 13.0. The summed E-state index contributed by atoms with van der Waals surface area (Å²) in [6, 6.07) is 4.23.